The van der Waals surface area contributed by atoms with Crippen LogP contribution in [-0.2, 0) is 0 Å². The highest BCUT2D eigenvalue weighted by Gasteiger charge is 2.16. The Morgan fingerprint density at radius 1 is 1.44 bits per heavy atom. The number of hydrogen-bond acceptors (Lipinski definition) is 3. The highest BCUT2D eigenvalue weighted by molar-refractivity contribution is 9.10. The van der Waals surface area contributed by atoms with Crippen molar-refractivity contribution in [2.45, 2.75) is 12.8 Å². The normalized spacial score (nSPS) is 16.3. The second-order valence-corrected chi connectivity index (χ2v) is 5.71. The average Bonchev–Trinajstić information content (AvgIpc) is 2.39. The van der Waals surface area contributed by atoms with Crippen LogP contribution in [0.3, 0.4) is 0 Å². The highest BCUT2D eigenvalue weighted by Crippen LogP contribution is 2.27. The number of benzene rings is 1. The lowest BCUT2D eigenvalue weighted by Crippen LogP contribution is -2.34. The van der Waals surface area contributed by atoms with E-state index in [4.69, 9.17) is 5.26 Å². The number of nitriles is 1. The van der Waals surface area contributed by atoms with E-state index in [2.05, 4.69) is 39.3 Å². The van der Waals surface area contributed by atoms with Crippen molar-refractivity contribution in [2.24, 2.45) is 5.92 Å². The van der Waals surface area contributed by atoms with Crippen molar-refractivity contribution in [1.29, 1.82) is 5.26 Å². The fourth-order valence-corrected chi connectivity index (χ4v) is 3.12. The van der Waals surface area contributed by atoms with Gasteiger partial charge in [0.05, 0.1) is 17.3 Å². The third kappa shape index (κ3) is 3.24. The van der Waals surface area contributed by atoms with E-state index >= 15 is 0 Å². The van der Waals surface area contributed by atoms with Crippen LogP contribution in [0.15, 0.2) is 22.7 Å². The van der Waals surface area contributed by atoms with Gasteiger partial charge in [0.15, 0.2) is 0 Å². The van der Waals surface area contributed by atoms with Crippen LogP contribution in [0, 0.1) is 17.2 Å². The van der Waals surface area contributed by atoms with Crippen LogP contribution in [0.2, 0.25) is 0 Å². The molecule has 0 aromatic heterocycles. The molecule has 2 rings (SSSR count). The molecule has 0 aliphatic carbocycles. The van der Waals surface area contributed by atoms with E-state index < -0.39 is 0 Å². The van der Waals surface area contributed by atoms with E-state index in [-0.39, 0.29) is 0 Å². The second kappa shape index (κ2) is 6.21. The minimum absolute atomic E-state index is 0.695. The van der Waals surface area contributed by atoms with E-state index in [1.54, 1.807) is 0 Å². The first-order chi connectivity index (χ1) is 8.70. The zero-order valence-electron chi connectivity index (χ0n) is 10.6. The van der Waals surface area contributed by atoms with E-state index in [1.165, 1.54) is 12.8 Å². The lowest BCUT2D eigenvalue weighted by Gasteiger charge is -2.29. The highest BCUT2D eigenvalue weighted by atomic mass is 79.9. The Labute approximate surface area is 117 Å². The van der Waals surface area contributed by atoms with Crippen LogP contribution in [0.4, 0.5) is 5.69 Å². The quantitative estimate of drug-likeness (QED) is 0.933. The fourth-order valence-electron chi connectivity index (χ4n) is 2.44. The summed E-state index contributed by atoms with van der Waals surface area (Å²) >= 11 is 3.55. The Hall–Kier alpha value is -1.05. The first kappa shape index (κ1) is 13.4. The molecule has 1 heterocycles. The largest absolute Gasteiger partial charge is 0.373 e. The van der Waals surface area contributed by atoms with Gasteiger partial charge in [0.25, 0.3) is 0 Å². The molecule has 0 radical (unpaired) electrons. The summed E-state index contributed by atoms with van der Waals surface area (Å²) in [7, 11) is 2.12. The van der Waals surface area contributed by atoms with Gasteiger partial charge < -0.3 is 10.2 Å². The van der Waals surface area contributed by atoms with Gasteiger partial charge in [-0.2, -0.15) is 5.26 Å². The van der Waals surface area contributed by atoms with Gasteiger partial charge in [-0.05, 0) is 66.0 Å². The van der Waals surface area contributed by atoms with Crippen molar-refractivity contribution in [3.05, 3.63) is 28.2 Å². The van der Waals surface area contributed by atoms with Gasteiger partial charge in [-0.1, -0.05) is 0 Å². The van der Waals surface area contributed by atoms with Gasteiger partial charge in [0.2, 0.25) is 0 Å². The maximum absolute atomic E-state index is 8.86. The molecule has 0 amide bonds. The zero-order valence-corrected chi connectivity index (χ0v) is 12.2. The molecule has 0 bridgehead atoms. The van der Waals surface area contributed by atoms with Gasteiger partial charge in [-0.3, -0.25) is 0 Å². The number of nitrogens with one attached hydrogen (secondary N) is 1. The molecule has 0 saturated carbocycles. The Morgan fingerprint density at radius 2 is 2.17 bits per heavy atom. The molecule has 96 valence electrons. The topological polar surface area (TPSA) is 39.1 Å². The third-order valence-corrected chi connectivity index (χ3v) is 4.11. The number of piperidine rings is 1. The molecule has 1 aromatic rings. The Morgan fingerprint density at radius 3 is 2.78 bits per heavy atom. The smallest absolute Gasteiger partial charge is 0.0992 e. The summed E-state index contributed by atoms with van der Waals surface area (Å²) in [6.07, 6.45) is 2.50. The van der Waals surface area contributed by atoms with Crippen molar-refractivity contribution in [1.82, 2.24) is 5.32 Å². The number of hydrogen-bond donors (Lipinski definition) is 1. The van der Waals surface area contributed by atoms with Gasteiger partial charge in [0, 0.05) is 18.1 Å². The molecule has 1 N–H and O–H groups in total. The third-order valence-electron chi connectivity index (χ3n) is 3.48. The Balaban J connectivity index is 2.04. The summed E-state index contributed by atoms with van der Waals surface area (Å²) in [5.74, 6) is 0.763. The molecule has 1 aromatic carbocycles. The van der Waals surface area contributed by atoms with E-state index in [1.807, 2.05) is 18.2 Å². The monoisotopic (exact) mass is 307 g/mol. The Kier molecular flexibility index (Phi) is 4.62. The van der Waals surface area contributed by atoms with Crippen molar-refractivity contribution in [3.63, 3.8) is 0 Å². The first-order valence-electron chi connectivity index (χ1n) is 6.32. The minimum Gasteiger partial charge on any atom is -0.373 e. The second-order valence-electron chi connectivity index (χ2n) is 4.85. The molecular formula is C14H18BrN3. The van der Waals surface area contributed by atoms with Crippen LogP contribution < -0.4 is 10.2 Å². The first-order valence-corrected chi connectivity index (χ1v) is 7.11. The summed E-state index contributed by atoms with van der Waals surface area (Å²) in [5.41, 5.74) is 1.86. The van der Waals surface area contributed by atoms with Crippen molar-refractivity contribution in [2.75, 3.05) is 31.6 Å². The molecule has 0 spiro atoms. The SMILES string of the molecule is CN(CC1CCNCC1)c1ccc(C#N)cc1Br. The molecule has 4 heteroatoms. The van der Waals surface area contributed by atoms with Crippen LogP contribution in [0.25, 0.3) is 0 Å². The molecular weight excluding hydrogens is 290 g/mol. The maximum Gasteiger partial charge on any atom is 0.0992 e. The lowest BCUT2D eigenvalue weighted by molar-refractivity contribution is 0.378. The Bertz CT molecular complexity index is 447. The summed E-state index contributed by atoms with van der Waals surface area (Å²) in [6.45, 7) is 3.34. The molecule has 0 unspecified atom stereocenters. The van der Waals surface area contributed by atoms with Gasteiger partial charge >= 0.3 is 0 Å². The predicted octanol–water partition coefficient (Wildman–Crippen LogP) is 2.76. The van der Waals surface area contributed by atoms with E-state index in [0.29, 0.717) is 5.56 Å². The van der Waals surface area contributed by atoms with E-state index in [9.17, 15) is 0 Å². The summed E-state index contributed by atoms with van der Waals surface area (Å²) in [6, 6.07) is 7.93. The van der Waals surface area contributed by atoms with Crippen molar-refractivity contribution < 1.29 is 0 Å². The van der Waals surface area contributed by atoms with Gasteiger partial charge in [0.1, 0.15) is 0 Å². The fraction of sp³-hybridized carbons (Fsp3) is 0.500. The molecule has 18 heavy (non-hydrogen) atoms. The van der Waals surface area contributed by atoms with Crippen molar-refractivity contribution in [3.8, 4) is 6.07 Å². The van der Waals surface area contributed by atoms with Crippen LogP contribution in [0.5, 0.6) is 0 Å². The number of anilines is 1. The molecule has 0 atom stereocenters. The zero-order chi connectivity index (χ0) is 13.0. The molecule has 1 aliphatic heterocycles. The van der Waals surface area contributed by atoms with Crippen molar-refractivity contribution >= 4 is 21.6 Å². The molecule has 1 aliphatic rings. The molecule has 1 saturated heterocycles. The number of rotatable bonds is 3. The summed E-state index contributed by atoms with van der Waals surface area (Å²) < 4.78 is 0.998. The van der Waals surface area contributed by atoms with Crippen LogP contribution in [-0.4, -0.2) is 26.7 Å². The van der Waals surface area contributed by atoms with Gasteiger partial charge in [-0.25, -0.2) is 0 Å². The minimum atomic E-state index is 0.695. The van der Waals surface area contributed by atoms with Gasteiger partial charge in [-0.15, -0.1) is 0 Å². The average molecular weight is 308 g/mol. The summed E-state index contributed by atoms with van der Waals surface area (Å²) in [5, 5.41) is 12.3. The summed E-state index contributed by atoms with van der Waals surface area (Å²) in [4.78, 5) is 2.28. The predicted molar refractivity (Wildman–Crippen MR) is 77.7 cm³/mol. The standard InChI is InChI=1S/C14H18BrN3/c1-18(10-11-4-6-17-7-5-11)14-3-2-12(9-16)8-13(14)15/h2-3,8,11,17H,4-7,10H2,1H3. The number of halogens is 1. The maximum atomic E-state index is 8.86. The lowest BCUT2D eigenvalue weighted by atomic mass is 9.97. The van der Waals surface area contributed by atoms with E-state index in [0.717, 1.165) is 35.7 Å². The van der Waals surface area contributed by atoms with Crippen LogP contribution in [0.1, 0.15) is 18.4 Å². The number of nitrogens with zero attached hydrogens (tertiary/aromatic N) is 2. The van der Waals surface area contributed by atoms with Crippen LogP contribution >= 0.6 is 15.9 Å². The molecule has 3 nitrogen and oxygen atoms in total. The molecule has 1 fully saturated rings.